The monoisotopic (exact) mass is 439 g/mol. The van der Waals surface area contributed by atoms with Gasteiger partial charge in [-0.05, 0) is 50.5 Å². The summed E-state index contributed by atoms with van der Waals surface area (Å²) in [5, 5.41) is 3.31. The fourth-order valence-corrected chi connectivity index (χ4v) is 4.18. The van der Waals surface area contributed by atoms with Gasteiger partial charge in [-0.1, -0.05) is 25.1 Å². The van der Waals surface area contributed by atoms with Crippen LogP contribution in [0.3, 0.4) is 0 Å². The van der Waals surface area contributed by atoms with Crippen molar-refractivity contribution in [2.24, 2.45) is 0 Å². The SMILES string of the molecule is CCNC(c1cc(Br)c(Br)s1)c1ccccc1OC(F)F. The minimum atomic E-state index is -2.84. The molecule has 0 aliphatic carbocycles. The standard InChI is InChI=1S/C14H13Br2F2NOS/c1-2-19-12(11-7-9(15)13(16)21-11)8-5-3-4-6-10(8)20-14(17)18/h3-7,12,14,19H,2H2,1H3. The second-order valence-electron chi connectivity index (χ2n) is 4.18. The van der Waals surface area contributed by atoms with Crippen LogP contribution in [0, 0.1) is 0 Å². The molecule has 0 aliphatic heterocycles. The Morgan fingerprint density at radius 2 is 2.00 bits per heavy atom. The maximum absolute atomic E-state index is 12.6. The van der Waals surface area contributed by atoms with Gasteiger partial charge in [-0.15, -0.1) is 11.3 Å². The zero-order chi connectivity index (χ0) is 15.4. The molecule has 7 heteroatoms. The van der Waals surface area contributed by atoms with E-state index in [-0.39, 0.29) is 11.8 Å². The van der Waals surface area contributed by atoms with Crippen LogP contribution in [0.25, 0.3) is 0 Å². The number of alkyl halides is 2. The minimum absolute atomic E-state index is 0.194. The van der Waals surface area contributed by atoms with E-state index in [9.17, 15) is 8.78 Å². The molecule has 0 spiro atoms. The van der Waals surface area contributed by atoms with E-state index in [1.54, 1.807) is 29.5 Å². The smallest absolute Gasteiger partial charge is 0.387 e. The summed E-state index contributed by atoms with van der Waals surface area (Å²) in [6, 6.07) is 8.63. The van der Waals surface area contributed by atoms with Crippen molar-refractivity contribution in [3.63, 3.8) is 0 Å². The van der Waals surface area contributed by atoms with Crippen molar-refractivity contribution < 1.29 is 13.5 Å². The van der Waals surface area contributed by atoms with Crippen molar-refractivity contribution >= 4 is 43.2 Å². The van der Waals surface area contributed by atoms with E-state index in [1.807, 2.05) is 19.1 Å². The van der Waals surface area contributed by atoms with Crippen LogP contribution in [0.1, 0.15) is 23.4 Å². The maximum Gasteiger partial charge on any atom is 0.387 e. The molecule has 1 unspecified atom stereocenters. The van der Waals surface area contributed by atoms with Gasteiger partial charge in [-0.2, -0.15) is 8.78 Å². The molecule has 21 heavy (non-hydrogen) atoms. The molecule has 2 rings (SSSR count). The van der Waals surface area contributed by atoms with E-state index in [2.05, 4.69) is 41.9 Å². The summed E-state index contributed by atoms with van der Waals surface area (Å²) in [6.07, 6.45) is 0. The van der Waals surface area contributed by atoms with Crippen LogP contribution in [0.2, 0.25) is 0 Å². The van der Waals surface area contributed by atoms with Crippen molar-refractivity contribution in [2.75, 3.05) is 6.54 Å². The molecule has 0 radical (unpaired) electrons. The van der Waals surface area contributed by atoms with Gasteiger partial charge >= 0.3 is 6.61 Å². The highest BCUT2D eigenvalue weighted by Crippen LogP contribution is 2.39. The number of thiophene rings is 1. The van der Waals surface area contributed by atoms with Crippen molar-refractivity contribution in [2.45, 2.75) is 19.6 Å². The first-order valence-electron chi connectivity index (χ1n) is 6.24. The van der Waals surface area contributed by atoms with Gasteiger partial charge in [-0.25, -0.2) is 0 Å². The summed E-state index contributed by atoms with van der Waals surface area (Å²) in [6.45, 7) is -0.155. The lowest BCUT2D eigenvalue weighted by Crippen LogP contribution is -2.22. The molecule has 1 aromatic carbocycles. The van der Waals surface area contributed by atoms with Gasteiger partial charge in [-0.3, -0.25) is 0 Å². The molecule has 0 bridgehead atoms. The molecule has 2 aromatic rings. The van der Waals surface area contributed by atoms with Crippen molar-refractivity contribution in [1.29, 1.82) is 0 Å². The van der Waals surface area contributed by atoms with Crippen LogP contribution in [0.5, 0.6) is 5.75 Å². The van der Waals surface area contributed by atoms with Gasteiger partial charge in [0.25, 0.3) is 0 Å². The summed E-state index contributed by atoms with van der Waals surface area (Å²) in [7, 11) is 0. The molecule has 0 fully saturated rings. The van der Waals surface area contributed by atoms with Gasteiger partial charge < -0.3 is 10.1 Å². The quantitative estimate of drug-likeness (QED) is 0.633. The van der Waals surface area contributed by atoms with Crippen molar-refractivity contribution in [1.82, 2.24) is 5.32 Å². The number of benzene rings is 1. The van der Waals surface area contributed by atoms with Gasteiger partial charge in [0.1, 0.15) is 5.75 Å². The molecular weight excluding hydrogens is 428 g/mol. The number of hydrogen-bond acceptors (Lipinski definition) is 3. The van der Waals surface area contributed by atoms with Crippen molar-refractivity contribution in [3.8, 4) is 5.75 Å². The predicted octanol–water partition coefficient (Wildman–Crippen LogP) is 5.57. The third-order valence-corrected chi connectivity index (χ3v) is 6.12. The van der Waals surface area contributed by atoms with Crippen LogP contribution in [-0.4, -0.2) is 13.2 Å². The van der Waals surface area contributed by atoms with Crippen LogP contribution in [-0.2, 0) is 0 Å². The molecule has 114 valence electrons. The average molecular weight is 441 g/mol. The fourth-order valence-electron chi connectivity index (χ4n) is 2.00. The largest absolute Gasteiger partial charge is 0.434 e. The summed E-state index contributed by atoms with van der Waals surface area (Å²) in [4.78, 5) is 1.01. The second kappa shape index (κ2) is 7.67. The summed E-state index contributed by atoms with van der Waals surface area (Å²) in [5.41, 5.74) is 0.695. The Labute approximate surface area is 142 Å². The highest BCUT2D eigenvalue weighted by molar-refractivity contribution is 9.13. The first-order chi connectivity index (χ1) is 10.0. The van der Waals surface area contributed by atoms with Crippen LogP contribution < -0.4 is 10.1 Å². The normalized spacial score (nSPS) is 12.7. The molecule has 1 heterocycles. The number of nitrogens with one attached hydrogen (secondary N) is 1. The van der Waals surface area contributed by atoms with Crippen LogP contribution in [0.15, 0.2) is 38.6 Å². The van der Waals surface area contributed by atoms with Gasteiger partial charge in [0.05, 0.1) is 9.83 Å². The van der Waals surface area contributed by atoms with Gasteiger partial charge in [0, 0.05) is 14.9 Å². The number of ether oxygens (including phenoxy) is 1. The number of para-hydroxylation sites is 1. The lowest BCUT2D eigenvalue weighted by atomic mass is 10.0. The molecule has 0 saturated carbocycles. The highest BCUT2D eigenvalue weighted by Gasteiger charge is 2.21. The van der Waals surface area contributed by atoms with Crippen LogP contribution in [0.4, 0.5) is 8.78 Å². The molecule has 0 amide bonds. The average Bonchev–Trinajstić information content (AvgIpc) is 2.76. The molecule has 1 aromatic heterocycles. The Morgan fingerprint density at radius 3 is 2.57 bits per heavy atom. The Kier molecular flexibility index (Phi) is 6.16. The number of rotatable bonds is 6. The number of hydrogen-bond donors (Lipinski definition) is 1. The molecule has 1 N–H and O–H groups in total. The predicted molar refractivity (Wildman–Crippen MR) is 88.3 cm³/mol. The first kappa shape index (κ1) is 16.9. The van der Waals surface area contributed by atoms with Gasteiger partial charge in [0.15, 0.2) is 0 Å². The van der Waals surface area contributed by atoms with E-state index >= 15 is 0 Å². The molecule has 0 saturated heterocycles. The highest BCUT2D eigenvalue weighted by atomic mass is 79.9. The molecule has 0 aliphatic rings. The Bertz CT molecular complexity index is 587. The maximum atomic E-state index is 12.6. The third kappa shape index (κ3) is 4.25. The lowest BCUT2D eigenvalue weighted by Gasteiger charge is -2.20. The summed E-state index contributed by atoms with van der Waals surface area (Å²) >= 11 is 8.46. The minimum Gasteiger partial charge on any atom is -0.434 e. The molecular formula is C14H13Br2F2NOS. The third-order valence-electron chi connectivity index (χ3n) is 2.80. The van der Waals surface area contributed by atoms with E-state index in [0.29, 0.717) is 12.1 Å². The van der Waals surface area contributed by atoms with E-state index < -0.39 is 6.61 Å². The van der Waals surface area contributed by atoms with Crippen LogP contribution >= 0.6 is 43.2 Å². The van der Waals surface area contributed by atoms with Crippen molar-refractivity contribution in [3.05, 3.63) is 49.0 Å². The molecule has 1 atom stereocenters. The Balaban J connectivity index is 2.42. The zero-order valence-electron chi connectivity index (χ0n) is 11.1. The van der Waals surface area contributed by atoms with E-state index in [1.165, 1.54) is 0 Å². The summed E-state index contributed by atoms with van der Waals surface area (Å²) in [5.74, 6) is 0.194. The van der Waals surface area contributed by atoms with E-state index in [0.717, 1.165) is 13.1 Å². The second-order valence-corrected chi connectivity index (χ2v) is 7.43. The van der Waals surface area contributed by atoms with E-state index in [4.69, 9.17) is 0 Å². The summed E-state index contributed by atoms with van der Waals surface area (Å²) < 4.78 is 31.7. The number of halogens is 4. The molecule has 2 nitrogen and oxygen atoms in total. The Hall–Kier alpha value is -0.500. The topological polar surface area (TPSA) is 21.3 Å². The zero-order valence-corrected chi connectivity index (χ0v) is 15.1. The Morgan fingerprint density at radius 1 is 1.29 bits per heavy atom. The van der Waals surface area contributed by atoms with Gasteiger partial charge in [0.2, 0.25) is 0 Å². The lowest BCUT2D eigenvalue weighted by molar-refractivity contribution is -0.0506. The first-order valence-corrected chi connectivity index (χ1v) is 8.65. The fraction of sp³-hybridized carbons (Fsp3) is 0.286.